The van der Waals surface area contributed by atoms with Crippen molar-refractivity contribution in [1.82, 2.24) is 19.0 Å². The molecule has 1 atom stereocenters. The topological polar surface area (TPSA) is 83.8 Å². The maximum atomic E-state index is 12.3. The molecule has 136 valence electrons. The number of likely N-dealkylation sites (tertiary alicyclic amines) is 1. The molecule has 0 spiro atoms. The van der Waals surface area contributed by atoms with Gasteiger partial charge in [-0.25, -0.2) is 18.1 Å². The van der Waals surface area contributed by atoms with E-state index in [1.54, 1.807) is 18.3 Å². The smallest absolute Gasteiger partial charge is 0.258 e. The van der Waals surface area contributed by atoms with Crippen molar-refractivity contribution < 1.29 is 8.42 Å². The molecule has 9 heteroatoms. The molecular formula is C16H21ClN4O3S. The first-order chi connectivity index (χ1) is 11.8. The number of pyridine rings is 1. The van der Waals surface area contributed by atoms with Crippen molar-refractivity contribution in [2.45, 2.75) is 31.8 Å². The summed E-state index contributed by atoms with van der Waals surface area (Å²) < 4.78 is 26.7. The molecule has 2 aromatic rings. The van der Waals surface area contributed by atoms with Crippen LogP contribution in [-0.4, -0.2) is 48.1 Å². The molecule has 1 aliphatic rings. The molecule has 7 nitrogen and oxygen atoms in total. The maximum Gasteiger partial charge on any atom is 0.258 e. The van der Waals surface area contributed by atoms with E-state index < -0.39 is 10.0 Å². The molecule has 1 aliphatic heterocycles. The summed E-state index contributed by atoms with van der Waals surface area (Å²) >= 11 is 5.92. The van der Waals surface area contributed by atoms with E-state index in [0.29, 0.717) is 29.5 Å². The van der Waals surface area contributed by atoms with Crippen LogP contribution in [0.2, 0.25) is 5.02 Å². The zero-order chi connectivity index (χ0) is 18.0. The standard InChI is InChI=1S/C16H21ClN4O3S/c1-25(23,24)18-9-14-4-2-3-7-20(14)11-13-8-16(22)21-10-12(17)5-6-15(21)19-13/h5-6,8,10,14,18H,2-4,7,9,11H2,1H3. The highest BCUT2D eigenvalue weighted by Gasteiger charge is 2.24. The predicted octanol–water partition coefficient (Wildman–Crippen LogP) is 1.25. The van der Waals surface area contributed by atoms with Crippen LogP contribution in [0.15, 0.2) is 29.2 Å². The van der Waals surface area contributed by atoms with E-state index in [-0.39, 0.29) is 11.6 Å². The molecule has 0 amide bonds. The Morgan fingerprint density at radius 2 is 2.16 bits per heavy atom. The number of aromatic nitrogens is 2. The molecule has 3 rings (SSSR count). The average Bonchev–Trinajstić information content (AvgIpc) is 2.54. The lowest BCUT2D eigenvalue weighted by molar-refractivity contribution is 0.140. The van der Waals surface area contributed by atoms with Crippen molar-refractivity contribution in [2.24, 2.45) is 0 Å². The van der Waals surface area contributed by atoms with Crippen LogP contribution in [-0.2, 0) is 16.6 Å². The van der Waals surface area contributed by atoms with Crippen molar-refractivity contribution in [3.63, 3.8) is 0 Å². The largest absolute Gasteiger partial charge is 0.293 e. The summed E-state index contributed by atoms with van der Waals surface area (Å²) in [6.45, 7) is 1.75. The van der Waals surface area contributed by atoms with Crippen LogP contribution in [0.5, 0.6) is 0 Å². The van der Waals surface area contributed by atoms with Gasteiger partial charge in [0.15, 0.2) is 0 Å². The van der Waals surface area contributed by atoms with E-state index in [2.05, 4.69) is 14.6 Å². The second kappa shape index (κ2) is 7.41. The minimum absolute atomic E-state index is 0.106. The summed E-state index contributed by atoms with van der Waals surface area (Å²) in [5.74, 6) is 0. The van der Waals surface area contributed by atoms with Gasteiger partial charge in [-0.05, 0) is 31.5 Å². The molecule has 0 aromatic carbocycles. The van der Waals surface area contributed by atoms with Crippen molar-refractivity contribution in [3.8, 4) is 0 Å². The third-order valence-corrected chi connectivity index (χ3v) is 5.29. The van der Waals surface area contributed by atoms with Crippen molar-refractivity contribution in [2.75, 3.05) is 19.3 Å². The lowest BCUT2D eigenvalue weighted by Crippen LogP contribution is -2.46. The molecule has 0 radical (unpaired) electrons. The van der Waals surface area contributed by atoms with Crippen LogP contribution in [0.1, 0.15) is 25.0 Å². The Bertz CT molecular complexity index is 929. The number of halogens is 1. The fourth-order valence-electron chi connectivity index (χ4n) is 3.16. The Morgan fingerprint density at radius 1 is 1.36 bits per heavy atom. The number of rotatable bonds is 5. The highest BCUT2D eigenvalue weighted by molar-refractivity contribution is 7.88. The molecular weight excluding hydrogens is 364 g/mol. The number of piperidine rings is 1. The third-order valence-electron chi connectivity index (χ3n) is 4.37. The third kappa shape index (κ3) is 4.78. The van der Waals surface area contributed by atoms with Crippen molar-refractivity contribution in [3.05, 3.63) is 45.5 Å². The van der Waals surface area contributed by atoms with E-state index in [1.165, 1.54) is 10.5 Å². The Kier molecular flexibility index (Phi) is 5.43. The zero-order valence-electron chi connectivity index (χ0n) is 14.0. The molecule has 2 aromatic heterocycles. The monoisotopic (exact) mass is 384 g/mol. The first-order valence-electron chi connectivity index (χ1n) is 8.18. The number of nitrogens with one attached hydrogen (secondary N) is 1. The van der Waals surface area contributed by atoms with Gasteiger partial charge in [0.2, 0.25) is 10.0 Å². The summed E-state index contributed by atoms with van der Waals surface area (Å²) in [5.41, 5.74) is 1.05. The summed E-state index contributed by atoms with van der Waals surface area (Å²) in [4.78, 5) is 19.0. The highest BCUT2D eigenvalue weighted by atomic mass is 35.5. The van der Waals surface area contributed by atoms with E-state index in [4.69, 9.17) is 11.6 Å². The molecule has 1 saturated heterocycles. The van der Waals surface area contributed by atoms with Crippen molar-refractivity contribution in [1.29, 1.82) is 0 Å². The summed E-state index contributed by atoms with van der Waals surface area (Å²) in [7, 11) is -3.22. The van der Waals surface area contributed by atoms with Gasteiger partial charge in [-0.3, -0.25) is 14.1 Å². The molecule has 3 heterocycles. The van der Waals surface area contributed by atoms with Gasteiger partial charge in [-0.15, -0.1) is 0 Å². The fourth-order valence-corrected chi connectivity index (χ4v) is 3.82. The molecule has 0 saturated carbocycles. The van der Waals surface area contributed by atoms with Gasteiger partial charge in [0.05, 0.1) is 17.0 Å². The van der Waals surface area contributed by atoms with Gasteiger partial charge in [0.25, 0.3) is 5.56 Å². The van der Waals surface area contributed by atoms with Crippen LogP contribution in [0, 0.1) is 0 Å². The first-order valence-corrected chi connectivity index (χ1v) is 10.5. The summed E-state index contributed by atoms with van der Waals surface area (Å²) in [6.07, 6.45) is 5.76. The van der Waals surface area contributed by atoms with Crippen LogP contribution in [0.4, 0.5) is 0 Å². The second-order valence-electron chi connectivity index (χ2n) is 6.40. The molecule has 1 N–H and O–H groups in total. The molecule has 0 bridgehead atoms. The lowest BCUT2D eigenvalue weighted by Gasteiger charge is -2.35. The number of fused-ring (bicyclic) bond motifs is 1. The Balaban J connectivity index is 1.80. The SMILES string of the molecule is CS(=O)(=O)NCC1CCCCN1Cc1cc(=O)n2cc(Cl)ccc2n1. The van der Waals surface area contributed by atoms with E-state index in [9.17, 15) is 13.2 Å². The van der Waals surface area contributed by atoms with E-state index >= 15 is 0 Å². The van der Waals surface area contributed by atoms with Crippen LogP contribution >= 0.6 is 11.6 Å². The zero-order valence-corrected chi connectivity index (χ0v) is 15.6. The van der Waals surface area contributed by atoms with Gasteiger partial charge in [-0.1, -0.05) is 18.0 Å². The van der Waals surface area contributed by atoms with Crippen LogP contribution in [0.3, 0.4) is 0 Å². The lowest BCUT2D eigenvalue weighted by atomic mass is 10.0. The minimum Gasteiger partial charge on any atom is -0.293 e. The van der Waals surface area contributed by atoms with Gasteiger partial charge in [0, 0.05) is 31.4 Å². The Hall–Kier alpha value is -1.48. The maximum absolute atomic E-state index is 12.3. The van der Waals surface area contributed by atoms with Crippen LogP contribution in [0.25, 0.3) is 5.65 Å². The van der Waals surface area contributed by atoms with E-state index in [1.807, 2.05) is 0 Å². The quantitative estimate of drug-likeness (QED) is 0.838. The Morgan fingerprint density at radius 3 is 2.92 bits per heavy atom. The average molecular weight is 385 g/mol. The molecule has 25 heavy (non-hydrogen) atoms. The number of hydrogen-bond acceptors (Lipinski definition) is 5. The van der Waals surface area contributed by atoms with E-state index in [0.717, 1.165) is 32.1 Å². The van der Waals surface area contributed by atoms with Gasteiger partial charge < -0.3 is 0 Å². The highest BCUT2D eigenvalue weighted by Crippen LogP contribution is 2.19. The van der Waals surface area contributed by atoms with Gasteiger partial charge >= 0.3 is 0 Å². The second-order valence-corrected chi connectivity index (χ2v) is 8.67. The first kappa shape index (κ1) is 18.3. The normalized spacial score (nSPS) is 19.4. The summed E-state index contributed by atoms with van der Waals surface area (Å²) in [6, 6.07) is 5.03. The number of nitrogens with zero attached hydrogens (tertiary/aromatic N) is 3. The predicted molar refractivity (Wildman–Crippen MR) is 97.4 cm³/mol. The molecule has 1 fully saturated rings. The number of hydrogen-bond donors (Lipinski definition) is 1. The molecule has 0 aliphatic carbocycles. The van der Waals surface area contributed by atoms with Crippen molar-refractivity contribution >= 4 is 27.3 Å². The van der Waals surface area contributed by atoms with Crippen LogP contribution < -0.4 is 10.3 Å². The van der Waals surface area contributed by atoms with Gasteiger partial charge in [-0.2, -0.15) is 0 Å². The number of sulfonamides is 1. The molecule has 1 unspecified atom stereocenters. The Labute approximate surface area is 151 Å². The summed E-state index contributed by atoms with van der Waals surface area (Å²) in [5, 5.41) is 0.479. The fraction of sp³-hybridized carbons (Fsp3) is 0.500. The minimum atomic E-state index is -3.22. The van der Waals surface area contributed by atoms with Gasteiger partial charge in [0.1, 0.15) is 5.65 Å².